The van der Waals surface area contributed by atoms with E-state index in [2.05, 4.69) is 20.7 Å². The highest BCUT2D eigenvalue weighted by molar-refractivity contribution is 5.94. The van der Waals surface area contributed by atoms with Gasteiger partial charge < -0.3 is 19.9 Å². The summed E-state index contributed by atoms with van der Waals surface area (Å²) in [7, 11) is 1.69. The van der Waals surface area contributed by atoms with Gasteiger partial charge in [0.25, 0.3) is 5.91 Å². The molecule has 1 aromatic heterocycles. The highest BCUT2D eigenvalue weighted by Crippen LogP contribution is 2.27. The fraction of sp³-hybridized carbons (Fsp3) is 0.467. The number of ether oxygens (including phenoxy) is 2. The molecule has 1 aromatic carbocycles. The number of fused-ring (bicyclic) bond motifs is 1. The third-order valence-corrected chi connectivity index (χ3v) is 4.26. The van der Waals surface area contributed by atoms with Crippen molar-refractivity contribution in [3.05, 3.63) is 29.8 Å². The summed E-state index contributed by atoms with van der Waals surface area (Å²) in [6.07, 6.45) is -1.29. The zero-order valence-electron chi connectivity index (χ0n) is 13.0. The molecule has 2 aliphatic rings. The number of tetrazole rings is 1. The lowest BCUT2D eigenvalue weighted by Crippen LogP contribution is -2.44. The van der Waals surface area contributed by atoms with Crippen LogP contribution < -0.4 is 5.32 Å². The van der Waals surface area contributed by atoms with E-state index >= 15 is 0 Å². The standard InChI is InChI=1S/C15H17N5O4/c1-20-18-14(17-19-20)8-2-4-9(5-3-8)15(22)16-10-6-23-13-11(21)7-24-12(10)13/h2-5,10-13,21H,6-7H2,1H3,(H,16,22)/t10-,11-,12+,13+/m0/s1. The predicted octanol–water partition coefficient (Wildman–Crippen LogP) is -0.866. The maximum atomic E-state index is 12.4. The van der Waals surface area contributed by atoms with Gasteiger partial charge in [-0.1, -0.05) is 12.1 Å². The first kappa shape index (κ1) is 15.2. The van der Waals surface area contributed by atoms with E-state index in [1.807, 2.05) is 0 Å². The minimum Gasteiger partial charge on any atom is -0.388 e. The Labute approximate surface area is 137 Å². The molecule has 24 heavy (non-hydrogen) atoms. The molecule has 2 N–H and O–H groups in total. The quantitative estimate of drug-likeness (QED) is 0.752. The van der Waals surface area contributed by atoms with Crippen LogP contribution in [0.1, 0.15) is 10.4 Å². The van der Waals surface area contributed by atoms with Crippen LogP contribution in [0.4, 0.5) is 0 Å². The third-order valence-electron chi connectivity index (χ3n) is 4.26. The van der Waals surface area contributed by atoms with Crippen LogP contribution in [0.2, 0.25) is 0 Å². The topological polar surface area (TPSA) is 111 Å². The third kappa shape index (κ3) is 2.66. The van der Waals surface area contributed by atoms with Gasteiger partial charge in [-0.15, -0.1) is 10.2 Å². The number of aliphatic hydroxyl groups is 1. The number of rotatable bonds is 3. The van der Waals surface area contributed by atoms with Crippen molar-refractivity contribution in [2.45, 2.75) is 24.4 Å². The van der Waals surface area contributed by atoms with Gasteiger partial charge in [-0.3, -0.25) is 4.79 Å². The lowest BCUT2D eigenvalue weighted by Gasteiger charge is -2.17. The Morgan fingerprint density at radius 3 is 2.71 bits per heavy atom. The van der Waals surface area contributed by atoms with Crippen LogP contribution in [-0.2, 0) is 16.5 Å². The summed E-state index contributed by atoms with van der Waals surface area (Å²) in [5, 5.41) is 24.5. The van der Waals surface area contributed by atoms with Gasteiger partial charge in [0.1, 0.15) is 18.3 Å². The van der Waals surface area contributed by atoms with E-state index in [1.165, 1.54) is 4.80 Å². The first-order valence-corrected chi connectivity index (χ1v) is 7.68. The maximum absolute atomic E-state index is 12.4. The molecule has 2 fully saturated rings. The van der Waals surface area contributed by atoms with Crippen LogP contribution in [0, 0.1) is 0 Å². The van der Waals surface area contributed by atoms with Crippen LogP contribution in [0.25, 0.3) is 11.4 Å². The van der Waals surface area contributed by atoms with Gasteiger partial charge in [0, 0.05) is 11.1 Å². The molecular formula is C15H17N5O4. The number of hydrogen-bond acceptors (Lipinski definition) is 7. The van der Waals surface area contributed by atoms with Gasteiger partial charge in [0.2, 0.25) is 5.82 Å². The molecule has 4 rings (SSSR count). The van der Waals surface area contributed by atoms with Crippen LogP contribution in [0.3, 0.4) is 0 Å². The number of aliphatic hydroxyl groups excluding tert-OH is 1. The Morgan fingerprint density at radius 2 is 2.00 bits per heavy atom. The van der Waals surface area contributed by atoms with Crippen molar-refractivity contribution >= 4 is 5.91 Å². The number of aromatic nitrogens is 4. The molecular weight excluding hydrogens is 314 g/mol. The summed E-state index contributed by atoms with van der Waals surface area (Å²) in [4.78, 5) is 13.8. The van der Waals surface area contributed by atoms with Crippen molar-refractivity contribution in [2.75, 3.05) is 13.2 Å². The summed E-state index contributed by atoms with van der Waals surface area (Å²) < 4.78 is 11.0. The van der Waals surface area contributed by atoms with Crippen molar-refractivity contribution in [1.29, 1.82) is 0 Å². The monoisotopic (exact) mass is 331 g/mol. The second-order valence-corrected chi connectivity index (χ2v) is 5.92. The van der Waals surface area contributed by atoms with Crippen molar-refractivity contribution in [3.8, 4) is 11.4 Å². The molecule has 2 saturated heterocycles. The highest BCUT2D eigenvalue weighted by atomic mass is 16.6. The van der Waals surface area contributed by atoms with Gasteiger partial charge in [0.15, 0.2) is 0 Å². The zero-order chi connectivity index (χ0) is 16.7. The lowest BCUT2D eigenvalue weighted by molar-refractivity contribution is 0.0178. The summed E-state index contributed by atoms with van der Waals surface area (Å²) in [6.45, 7) is 0.571. The molecule has 3 heterocycles. The molecule has 0 radical (unpaired) electrons. The molecule has 2 aliphatic heterocycles. The van der Waals surface area contributed by atoms with Gasteiger partial charge in [-0.05, 0) is 17.3 Å². The van der Waals surface area contributed by atoms with Gasteiger partial charge in [-0.2, -0.15) is 4.80 Å². The number of nitrogens with zero attached hydrogens (tertiary/aromatic N) is 4. The number of carbonyl (C=O) groups is 1. The smallest absolute Gasteiger partial charge is 0.251 e. The number of benzene rings is 1. The Hall–Kier alpha value is -2.36. The van der Waals surface area contributed by atoms with E-state index in [1.54, 1.807) is 31.3 Å². The molecule has 9 nitrogen and oxygen atoms in total. The Balaban J connectivity index is 1.43. The minimum absolute atomic E-state index is 0.215. The van der Waals surface area contributed by atoms with E-state index in [0.29, 0.717) is 18.0 Å². The molecule has 9 heteroatoms. The fourth-order valence-corrected chi connectivity index (χ4v) is 3.02. The van der Waals surface area contributed by atoms with E-state index in [9.17, 15) is 9.90 Å². The average molecular weight is 331 g/mol. The van der Waals surface area contributed by atoms with Gasteiger partial charge in [0.05, 0.1) is 26.3 Å². The van der Waals surface area contributed by atoms with Crippen molar-refractivity contribution in [2.24, 2.45) is 7.05 Å². The summed E-state index contributed by atoms with van der Waals surface area (Å²) >= 11 is 0. The molecule has 0 unspecified atom stereocenters. The normalized spacial score (nSPS) is 28.8. The van der Waals surface area contributed by atoms with Crippen LogP contribution in [-0.4, -0.2) is 68.8 Å². The fourth-order valence-electron chi connectivity index (χ4n) is 3.02. The molecule has 0 bridgehead atoms. The van der Waals surface area contributed by atoms with Crippen molar-refractivity contribution < 1.29 is 19.4 Å². The Morgan fingerprint density at radius 1 is 1.25 bits per heavy atom. The SMILES string of the molecule is Cn1nnc(-c2ccc(C(=O)N[C@H]3CO[C@H]4[C@@H]3OC[C@@H]4O)cc2)n1. The molecule has 0 saturated carbocycles. The molecule has 4 atom stereocenters. The Bertz CT molecular complexity index is 747. The second kappa shape index (κ2) is 5.93. The second-order valence-electron chi connectivity index (χ2n) is 5.92. The van der Waals surface area contributed by atoms with E-state index in [0.717, 1.165) is 5.56 Å². The first-order valence-electron chi connectivity index (χ1n) is 7.68. The number of hydrogen-bond donors (Lipinski definition) is 2. The Kier molecular flexibility index (Phi) is 3.75. The molecule has 2 aromatic rings. The number of nitrogens with one attached hydrogen (secondary N) is 1. The average Bonchev–Trinajstić information content (AvgIpc) is 3.28. The van der Waals surface area contributed by atoms with E-state index in [4.69, 9.17) is 9.47 Å². The van der Waals surface area contributed by atoms with Gasteiger partial charge >= 0.3 is 0 Å². The first-order chi connectivity index (χ1) is 11.6. The predicted molar refractivity (Wildman–Crippen MR) is 81.0 cm³/mol. The van der Waals surface area contributed by atoms with Gasteiger partial charge in [-0.25, -0.2) is 0 Å². The van der Waals surface area contributed by atoms with Crippen molar-refractivity contribution in [1.82, 2.24) is 25.5 Å². The van der Waals surface area contributed by atoms with Crippen LogP contribution in [0.5, 0.6) is 0 Å². The van der Waals surface area contributed by atoms with Crippen LogP contribution in [0.15, 0.2) is 24.3 Å². The summed E-state index contributed by atoms with van der Waals surface area (Å²) in [5.41, 5.74) is 1.30. The molecule has 0 aliphatic carbocycles. The van der Waals surface area contributed by atoms with Crippen LogP contribution >= 0.6 is 0 Å². The zero-order valence-corrected chi connectivity index (χ0v) is 13.0. The number of amides is 1. The van der Waals surface area contributed by atoms with E-state index in [-0.39, 0.29) is 30.8 Å². The molecule has 0 spiro atoms. The minimum atomic E-state index is -0.629. The number of carbonyl (C=O) groups excluding carboxylic acids is 1. The largest absolute Gasteiger partial charge is 0.388 e. The lowest BCUT2D eigenvalue weighted by atomic mass is 10.1. The molecule has 126 valence electrons. The van der Waals surface area contributed by atoms with E-state index < -0.39 is 6.10 Å². The number of aryl methyl sites for hydroxylation is 1. The summed E-state index contributed by atoms with van der Waals surface area (Å²) in [6, 6.07) is 6.70. The van der Waals surface area contributed by atoms with Crippen molar-refractivity contribution in [3.63, 3.8) is 0 Å². The molecule has 1 amide bonds. The maximum Gasteiger partial charge on any atom is 0.251 e. The summed E-state index contributed by atoms with van der Waals surface area (Å²) in [5.74, 6) is 0.290. The highest BCUT2D eigenvalue weighted by Gasteiger charge is 2.47.